The summed E-state index contributed by atoms with van der Waals surface area (Å²) in [6.07, 6.45) is 3.73. The van der Waals surface area contributed by atoms with Gasteiger partial charge in [0.15, 0.2) is 0 Å². The quantitative estimate of drug-likeness (QED) is 0.531. The lowest BCUT2D eigenvalue weighted by atomic mass is 9.69. The second-order valence-corrected chi connectivity index (χ2v) is 9.32. The van der Waals surface area contributed by atoms with E-state index in [4.69, 9.17) is 4.74 Å². The second kappa shape index (κ2) is 11.7. The Morgan fingerprint density at radius 1 is 1.03 bits per heavy atom. The Hall–Kier alpha value is -3.08. The molecule has 0 spiro atoms. The lowest BCUT2D eigenvalue weighted by molar-refractivity contribution is -0.122. The average Bonchev–Trinajstić information content (AvgIpc) is 2.83. The largest absolute Gasteiger partial charge is 0.497 e. The number of ether oxygens (including phenoxy) is 1. The Labute approximate surface area is 197 Å². The van der Waals surface area contributed by atoms with Crippen molar-refractivity contribution in [3.63, 3.8) is 0 Å². The maximum atomic E-state index is 12.7. The maximum Gasteiger partial charge on any atom is 0.251 e. The van der Waals surface area contributed by atoms with Gasteiger partial charge in [-0.2, -0.15) is 0 Å². The third-order valence-electron chi connectivity index (χ3n) is 6.70. The van der Waals surface area contributed by atoms with Crippen molar-refractivity contribution < 1.29 is 14.3 Å². The number of carbonyl (C=O) groups is 2. The van der Waals surface area contributed by atoms with Gasteiger partial charge >= 0.3 is 0 Å². The lowest BCUT2D eigenvalue weighted by Gasteiger charge is -2.37. The maximum absolute atomic E-state index is 12.7. The van der Waals surface area contributed by atoms with Gasteiger partial charge in [0.05, 0.1) is 7.11 Å². The molecule has 3 atom stereocenters. The first-order valence-corrected chi connectivity index (χ1v) is 11.8. The van der Waals surface area contributed by atoms with Crippen molar-refractivity contribution in [1.29, 1.82) is 0 Å². The van der Waals surface area contributed by atoms with Crippen LogP contribution < -0.4 is 15.4 Å². The van der Waals surface area contributed by atoms with Gasteiger partial charge in [0.2, 0.25) is 5.91 Å². The molecule has 0 heterocycles. The fraction of sp³-hybridized carbons (Fsp3) is 0.429. The van der Waals surface area contributed by atoms with Crippen molar-refractivity contribution >= 4 is 11.8 Å². The summed E-state index contributed by atoms with van der Waals surface area (Å²) in [5, 5.41) is 6.16. The van der Waals surface area contributed by atoms with Crippen LogP contribution in [-0.4, -0.2) is 25.5 Å². The van der Waals surface area contributed by atoms with Crippen molar-refractivity contribution in [1.82, 2.24) is 10.6 Å². The van der Waals surface area contributed by atoms with Gasteiger partial charge < -0.3 is 15.4 Å². The Kier molecular flexibility index (Phi) is 8.70. The van der Waals surface area contributed by atoms with E-state index in [1.165, 1.54) is 5.57 Å². The molecule has 0 bridgehead atoms. The molecule has 0 saturated carbocycles. The smallest absolute Gasteiger partial charge is 0.251 e. The Bertz CT molecular complexity index is 951. The Morgan fingerprint density at radius 2 is 1.73 bits per heavy atom. The van der Waals surface area contributed by atoms with Gasteiger partial charge in [-0.1, -0.05) is 55.8 Å². The van der Waals surface area contributed by atoms with Crippen LogP contribution in [-0.2, 0) is 11.3 Å². The number of methoxy groups -OCH3 is 1. The Balaban J connectivity index is 1.56. The first-order valence-electron chi connectivity index (χ1n) is 11.8. The number of benzene rings is 2. The van der Waals surface area contributed by atoms with E-state index in [0.717, 1.165) is 17.7 Å². The molecule has 0 fully saturated rings. The highest BCUT2D eigenvalue weighted by molar-refractivity contribution is 5.94. The highest BCUT2D eigenvalue weighted by Crippen LogP contribution is 2.38. The molecule has 2 amide bonds. The normalized spacial score (nSPS) is 20.2. The molecule has 1 aliphatic rings. The molecule has 5 heteroatoms. The van der Waals surface area contributed by atoms with Crippen LogP contribution in [0, 0.1) is 23.7 Å². The SMILES string of the molecule is COc1ccc(CNC(=O)C[C@@H]2C[C@@H](C(C)C)[C@H](CNC(=O)c3ccccc3)C=C2C)cc1. The number of rotatable bonds is 9. The fourth-order valence-electron chi connectivity index (χ4n) is 4.65. The summed E-state index contributed by atoms with van der Waals surface area (Å²) in [6.45, 7) is 7.70. The molecule has 33 heavy (non-hydrogen) atoms. The van der Waals surface area contributed by atoms with E-state index in [2.05, 4.69) is 37.5 Å². The summed E-state index contributed by atoms with van der Waals surface area (Å²) in [7, 11) is 1.64. The molecule has 0 saturated heterocycles. The first kappa shape index (κ1) is 24.6. The molecule has 2 N–H and O–H groups in total. The monoisotopic (exact) mass is 448 g/mol. The topological polar surface area (TPSA) is 67.4 Å². The van der Waals surface area contributed by atoms with Crippen molar-refractivity contribution in [3.8, 4) is 5.75 Å². The number of carbonyl (C=O) groups excluding carboxylic acids is 2. The van der Waals surface area contributed by atoms with Gasteiger partial charge in [-0.05, 0) is 66.8 Å². The molecule has 0 unspecified atom stereocenters. The zero-order valence-corrected chi connectivity index (χ0v) is 20.1. The van der Waals surface area contributed by atoms with Crippen LogP contribution in [0.3, 0.4) is 0 Å². The van der Waals surface area contributed by atoms with Crippen LogP contribution >= 0.6 is 0 Å². The molecular weight excluding hydrogens is 412 g/mol. The molecule has 0 radical (unpaired) electrons. The number of hydrogen-bond acceptors (Lipinski definition) is 3. The zero-order chi connectivity index (χ0) is 23.8. The number of nitrogens with one attached hydrogen (secondary N) is 2. The molecule has 2 aromatic rings. The van der Waals surface area contributed by atoms with E-state index in [1.807, 2.05) is 54.6 Å². The predicted octanol–water partition coefficient (Wildman–Crippen LogP) is 4.99. The molecular formula is C28H36N2O3. The van der Waals surface area contributed by atoms with E-state index in [1.54, 1.807) is 7.11 Å². The number of amides is 2. The van der Waals surface area contributed by atoms with E-state index >= 15 is 0 Å². The van der Waals surface area contributed by atoms with Crippen molar-refractivity contribution in [2.24, 2.45) is 23.7 Å². The van der Waals surface area contributed by atoms with Crippen molar-refractivity contribution in [2.45, 2.75) is 40.2 Å². The minimum Gasteiger partial charge on any atom is -0.497 e. The predicted molar refractivity (Wildman–Crippen MR) is 132 cm³/mol. The summed E-state index contributed by atoms with van der Waals surface area (Å²) in [5.41, 5.74) is 2.97. The minimum absolute atomic E-state index is 0.0378. The third kappa shape index (κ3) is 6.95. The summed E-state index contributed by atoms with van der Waals surface area (Å²) >= 11 is 0. The molecule has 0 aromatic heterocycles. The van der Waals surface area contributed by atoms with Crippen LogP contribution in [0.4, 0.5) is 0 Å². The zero-order valence-electron chi connectivity index (χ0n) is 20.1. The summed E-state index contributed by atoms with van der Waals surface area (Å²) < 4.78 is 5.18. The van der Waals surface area contributed by atoms with Crippen LogP contribution in [0.5, 0.6) is 5.75 Å². The lowest BCUT2D eigenvalue weighted by Crippen LogP contribution is -2.37. The van der Waals surface area contributed by atoms with Crippen molar-refractivity contribution in [3.05, 3.63) is 77.4 Å². The van der Waals surface area contributed by atoms with Gasteiger partial charge in [0.25, 0.3) is 5.91 Å². The average molecular weight is 449 g/mol. The number of hydrogen-bond donors (Lipinski definition) is 2. The van der Waals surface area contributed by atoms with E-state index in [0.29, 0.717) is 36.9 Å². The molecule has 3 rings (SSSR count). The van der Waals surface area contributed by atoms with Crippen LogP contribution in [0.2, 0.25) is 0 Å². The minimum atomic E-state index is -0.0378. The molecule has 5 nitrogen and oxygen atoms in total. The highest BCUT2D eigenvalue weighted by Gasteiger charge is 2.32. The van der Waals surface area contributed by atoms with Gasteiger partial charge in [0, 0.05) is 25.1 Å². The van der Waals surface area contributed by atoms with E-state index in [9.17, 15) is 9.59 Å². The molecule has 0 aliphatic heterocycles. The van der Waals surface area contributed by atoms with Gasteiger partial charge in [-0.15, -0.1) is 0 Å². The second-order valence-electron chi connectivity index (χ2n) is 9.32. The summed E-state index contributed by atoms with van der Waals surface area (Å²) in [4.78, 5) is 25.2. The van der Waals surface area contributed by atoms with Crippen LogP contribution in [0.15, 0.2) is 66.2 Å². The van der Waals surface area contributed by atoms with Gasteiger partial charge in [-0.25, -0.2) is 0 Å². The summed E-state index contributed by atoms with van der Waals surface area (Å²) in [5.74, 6) is 2.24. The van der Waals surface area contributed by atoms with Crippen LogP contribution in [0.25, 0.3) is 0 Å². The van der Waals surface area contributed by atoms with E-state index < -0.39 is 0 Å². The molecule has 2 aromatic carbocycles. The Morgan fingerprint density at radius 3 is 2.36 bits per heavy atom. The third-order valence-corrected chi connectivity index (χ3v) is 6.70. The fourth-order valence-corrected chi connectivity index (χ4v) is 4.65. The van der Waals surface area contributed by atoms with Crippen molar-refractivity contribution in [2.75, 3.05) is 13.7 Å². The molecule has 1 aliphatic carbocycles. The summed E-state index contributed by atoms with van der Waals surface area (Å²) in [6, 6.07) is 17.1. The first-order chi connectivity index (χ1) is 15.9. The number of allylic oxidation sites excluding steroid dienone is 1. The van der Waals surface area contributed by atoms with E-state index in [-0.39, 0.29) is 23.7 Å². The standard InChI is InChI=1S/C28H36N2O3/c1-19(2)26-15-23(16-27(31)29-17-21-10-12-25(33-4)13-11-21)20(3)14-24(26)18-30-28(32)22-8-6-5-7-9-22/h5-14,19,23-24,26H,15-18H2,1-4H3,(H,29,31)(H,30,32)/t23-,24-,26-/m0/s1. The van der Waals surface area contributed by atoms with Crippen LogP contribution in [0.1, 0.15) is 49.5 Å². The highest BCUT2D eigenvalue weighted by atomic mass is 16.5. The molecule has 176 valence electrons. The van der Waals surface area contributed by atoms with Gasteiger partial charge in [0.1, 0.15) is 5.75 Å². The van der Waals surface area contributed by atoms with Gasteiger partial charge in [-0.3, -0.25) is 9.59 Å².